The van der Waals surface area contributed by atoms with Crippen molar-refractivity contribution in [1.29, 1.82) is 0 Å². The van der Waals surface area contributed by atoms with Gasteiger partial charge in [-0.3, -0.25) is 4.98 Å². The van der Waals surface area contributed by atoms with Crippen LogP contribution in [0.2, 0.25) is 0 Å². The highest BCUT2D eigenvalue weighted by molar-refractivity contribution is 5.31. The monoisotopic (exact) mass is 283 g/mol. The maximum Gasteiger partial charge on any atom is 0.144 e. The number of hydrogen-bond acceptors (Lipinski definition) is 4. The van der Waals surface area contributed by atoms with Crippen LogP contribution in [0.5, 0.6) is 0 Å². The topological polar surface area (TPSA) is 47.0 Å². The number of anilines is 1. The highest BCUT2D eigenvalue weighted by atomic mass is 16.5. The van der Waals surface area contributed by atoms with E-state index < -0.39 is 0 Å². The second kappa shape index (κ2) is 7.18. The van der Waals surface area contributed by atoms with Gasteiger partial charge in [-0.1, -0.05) is 24.3 Å². The van der Waals surface area contributed by atoms with E-state index in [4.69, 9.17) is 4.74 Å². The highest BCUT2D eigenvalue weighted by Crippen LogP contribution is 2.32. The molecule has 0 spiro atoms. The third kappa shape index (κ3) is 3.79. The predicted octanol–water partition coefficient (Wildman–Crippen LogP) is 3.37. The Labute approximate surface area is 125 Å². The number of nitrogens with one attached hydrogen (secondary N) is 1. The Morgan fingerprint density at radius 2 is 2.19 bits per heavy atom. The van der Waals surface area contributed by atoms with E-state index >= 15 is 0 Å². The first kappa shape index (κ1) is 14.0. The maximum atomic E-state index is 6.07. The van der Waals surface area contributed by atoms with Crippen molar-refractivity contribution in [2.45, 2.75) is 31.8 Å². The Kier molecular flexibility index (Phi) is 4.79. The van der Waals surface area contributed by atoms with E-state index in [1.54, 1.807) is 18.6 Å². The van der Waals surface area contributed by atoms with Crippen LogP contribution in [0, 0.1) is 0 Å². The Morgan fingerprint density at radius 3 is 3.10 bits per heavy atom. The molecule has 3 rings (SSSR count). The van der Waals surface area contributed by atoms with Crippen molar-refractivity contribution in [2.75, 3.05) is 18.5 Å². The second-order valence-corrected chi connectivity index (χ2v) is 5.32. The van der Waals surface area contributed by atoms with Crippen LogP contribution in [0.1, 0.15) is 36.5 Å². The molecule has 1 aliphatic rings. The number of aromatic nitrogens is 2. The largest absolute Gasteiger partial charge is 0.373 e. The van der Waals surface area contributed by atoms with Gasteiger partial charge in [0, 0.05) is 25.5 Å². The highest BCUT2D eigenvalue weighted by Gasteiger charge is 2.19. The first-order chi connectivity index (χ1) is 10.4. The molecule has 1 aromatic carbocycles. The summed E-state index contributed by atoms with van der Waals surface area (Å²) in [5.41, 5.74) is 2.83. The molecular weight excluding hydrogens is 262 g/mol. The van der Waals surface area contributed by atoms with Crippen LogP contribution in [-0.2, 0) is 11.2 Å². The number of hydrogen-bond donors (Lipinski definition) is 1. The third-order valence-corrected chi connectivity index (χ3v) is 3.82. The Morgan fingerprint density at radius 1 is 1.24 bits per heavy atom. The fraction of sp³-hybridized carbons (Fsp3) is 0.412. The predicted molar refractivity (Wildman–Crippen MR) is 83.2 cm³/mol. The number of ether oxygens (including phenoxy) is 1. The van der Waals surface area contributed by atoms with Crippen LogP contribution in [-0.4, -0.2) is 23.1 Å². The lowest BCUT2D eigenvalue weighted by molar-refractivity contribution is 0.0406. The molecule has 0 fully saturated rings. The average molecular weight is 283 g/mol. The van der Waals surface area contributed by atoms with Crippen molar-refractivity contribution < 1.29 is 4.74 Å². The van der Waals surface area contributed by atoms with E-state index in [-0.39, 0.29) is 6.10 Å². The zero-order chi connectivity index (χ0) is 14.3. The van der Waals surface area contributed by atoms with Gasteiger partial charge in [-0.05, 0) is 36.8 Å². The fourth-order valence-corrected chi connectivity index (χ4v) is 2.79. The zero-order valence-electron chi connectivity index (χ0n) is 12.2. The van der Waals surface area contributed by atoms with Gasteiger partial charge in [0.2, 0.25) is 0 Å². The van der Waals surface area contributed by atoms with Crippen LogP contribution in [0.15, 0.2) is 42.9 Å². The number of aryl methyl sites for hydroxylation is 1. The zero-order valence-corrected chi connectivity index (χ0v) is 12.2. The quantitative estimate of drug-likeness (QED) is 0.826. The number of benzene rings is 1. The summed E-state index contributed by atoms with van der Waals surface area (Å²) in [7, 11) is 0. The van der Waals surface area contributed by atoms with Gasteiger partial charge in [-0.2, -0.15) is 0 Å². The van der Waals surface area contributed by atoms with Gasteiger partial charge in [0.1, 0.15) is 5.82 Å². The number of rotatable bonds is 6. The Balaban J connectivity index is 1.42. The standard InChI is InChI=1S/C17H21N3O/c1-2-7-15-14(5-1)6-3-8-16(15)21-12-4-9-19-17-13-18-10-11-20-17/h1-2,5,7,10-11,13,16H,3-4,6,8-9,12H2,(H,19,20)/t16-/m1/s1. The summed E-state index contributed by atoms with van der Waals surface area (Å²) in [6.45, 7) is 1.62. The molecule has 0 bridgehead atoms. The van der Waals surface area contributed by atoms with Crippen LogP contribution >= 0.6 is 0 Å². The molecule has 1 N–H and O–H groups in total. The van der Waals surface area contributed by atoms with E-state index in [1.165, 1.54) is 24.0 Å². The molecule has 4 heteroatoms. The smallest absolute Gasteiger partial charge is 0.144 e. The first-order valence-electron chi connectivity index (χ1n) is 7.63. The number of nitrogens with zero attached hydrogens (tertiary/aromatic N) is 2. The van der Waals surface area contributed by atoms with Crippen molar-refractivity contribution in [3.8, 4) is 0 Å². The summed E-state index contributed by atoms with van der Waals surface area (Å²) >= 11 is 0. The molecule has 0 unspecified atom stereocenters. The fourth-order valence-electron chi connectivity index (χ4n) is 2.79. The van der Waals surface area contributed by atoms with E-state index in [0.717, 1.165) is 31.8 Å². The van der Waals surface area contributed by atoms with E-state index in [0.29, 0.717) is 0 Å². The minimum atomic E-state index is 0.270. The average Bonchev–Trinajstić information content (AvgIpc) is 2.56. The van der Waals surface area contributed by atoms with Gasteiger partial charge in [-0.15, -0.1) is 0 Å². The molecule has 21 heavy (non-hydrogen) atoms. The summed E-state index contributed by atoms with van der Waals surface area (Å²) in [6.07, 6.45) is 9.88. The van der Waals surface area contributed by atoms with Gasteiger partial charge in [0.25, 0.3) is 0 Å². The second-order valence-electron chi connectivity index (χ2n) is 5.32. The van der Waals surface area contributed by atoms with Gasteiger partial charge in [-0.25, -0.2) is 4.98 Å². The molecule has 4 nitrogen and oxygen atoms in total. The summed E-state index contributed by atoms with van der Waals surface area (Å²) in [5.74, 6) is 0.820. The minimum Gasteiger partial charge on any atom is -0.373 e. The van der Waals surface area contributed by atoms with Crippen LogP contribution in [0.25, 0.3) is 0 Å². The van der Waals surface area contributed by atoms with Crippen molar-refractivity contribution in [3.05, 3.63) is 54.0 Å². The lowest BCUT2D eigenvalue weighted by atomic mass is 9.89. The SMILES string of the molecule is c1ccc2c(c1)CCC[C@H]2OCCCNc1cnccn1. The van der Waals surface area contributed by atoms with Gasteiger partial charge < -0.3 is 10.1 Å². The van der Waals surface area contributed by atoms with Crippen LogP contribution in [0.3, 0.4) is 0 Å². The summed E-state index contributed by atoms with van der Waals surface area (Å²) in [5, 5.41) is 3.25. The Hall–Kier alpha value is -1.94. The minimum absolute atomic E-state index is 0.270. The van der Waals surface area contributed by atoms with E-state index in [2.05, 4.69) is 39.6 Å². The first-order valence-corrected chi connectivity index (χ1v) is 7.63. The number of fused-ring (bicyclic) bond motifs is 1. The lowest BCUT2D eigenvalue weighted by Crippen LogP contribution is -2.15. The van der Waals surface area contributed by atoms with Crippen molar-refractivity contribution >= 4 is 5.82 Å². The van der Waals surface area contributed by atoms with E-state index in [1.807, 2.05) is 0 Å². The summed E-state index contributed by atoms with van der Waals surface area (Å²) < 4.78 is 6.07. The lowest BCUT2D eigenvalue weighted by Gasteiger charge is -2.25. The maximum absolute atomic E-state index is 6.07. The van der Waals surface area contributed by atoms with Crippen molar-refractivity contribution in [3.63, 3.8) is 0 Å². The molecular formula is C17H21N3O. The van der Waals surface area contributed by atoms with Crippen LogP contribution < -0.4 is 5.32 Å². The molecule has 1 atom stereocenters. The molecule has 110 valence electrons. The Bertz CT molecular complexity index is 559. The molecule has 1 aromatic heterocycles. The normalized spacial score (nSPS) is 17.2. The summed E-state index contributed by atoms with van der Waals surface area (Å²) in [4.78, 5) is 8.21. The molecule has 1 heterocycles. The molecule has 0 saturated carbocycles. The van der Waals surface area contributed by atoms with Gasteiger partial charge >= 0.3 is 0 Å². The van der Waals surface area contributed by atoms with Crippen molar-refractivity contribution in [1.82, 2.24) is 9.97 Å². The third-order valence-electron chi connectivity index (χ3n) is 3.82. The van der Waals surface area contributed by atoms with Crippen molar-refractivity contribution in [2.24, 2.45) is 0 Å². The molecule has 2 aromatic rings. The van der Waals surface area contributed by atoms with Gasteiger partial charge in [0.05, 0.1) is 12.3 Å². The van der Waals surface area contributed by atoms with Crippen LogP contribution in [0.4, 0.5) is 5.82 Å². The molecule has 0 radical (unpaired) electrons. The molecule has 0 aliphatic heterocycles. The molecule has 0 saturated heterocycles. The molecule has 0 amide bonds. The van der Waals surface area contributed by atoms with E-state index in [9.17, 15) is 0 Å². The molecule has 1 aliphatic carbocycles. The summed E-state index contributed by atoms with van der Waals surface area (Å²) in [6, 6.07) is 8.65. The van der Waals surface area contributed by atoms with Gasteiger partial charge in [0.15, 0.2) is 0 Å².